The molecular weight excluding hydrogens is 243 g/mol. The van der Waals surface area contributed by atoms with E-state index in [2.05, 4.69) is 9.97 Å². The van der Waals surface area contributed by atoms with Gasteiger partial charge >= 0.3 is 5.69 Å². The zero-order valence-corrected chi connectivity index (χ0v) is 9.58. The number of rotatable bonds is 4. The first-order valence-corrected chi connectivity index (χ1v) is 5.19. The first-order chi connectivity index (χ1) is 8.61. The molecule has 0 radical (unpaired) electrons. The number of aromatic amines is 2. The van der Waals surface area contributed by atoms with Crippen LogP contribution in [0.2, 0.25) is 0 Å². The Kier molecular flexibility index (Phi) is 3.42. The standard InChI is InChI=1S/C11H11FN2O4/c1-17-2-3-18-9-4-6-8(5-7(9)12)13-11(16)14-10(6)15/h4-5H,2-3H2,1H3,(H2,13,14,15,16). The average Bonchev–Trinajstić information content (AvgIpc) is 2.30. The van der Waals surface area contributed by atoms with Gasteiger partial charge in [-0.2, -0.15) is 0 Å². The smallest absolute Gasteiger partial charge is 0.326 e. The van der Waals surface area contributed by atoms with Crippen LogP contribution in [0.25, 0.3) is 10.9 Å². The Labute approximate surface area is 100 Å². The highest BCUT2D eigenvalue weighted by Gasteiger charge is 2.09. The summed E-state index contributed by atoms with van der Waals surface area (Å²) in [5.41, 5.74) is -1.15. The van der Waals surface area contributed by atoms with Crippen molar-refractivity contribution in [1.82, 2.24) is 9.97 Å². The summed E-state index contributed by atoms with van der Waals surface area (Å²) < 4.78 is 23.5. The summed E-state index contributed by atoms with van der Waals surface area (Å²) in [6.07, 6.45) is 0. The van der Waals surface area contributed by atoms with Crippen LogP contribution in [-0.4, -0.2) is 30.3 Å². The number of nitrogens with one attached hydrogen (secondary N) is 2. The number of halogens is 1. The van der Waals surface area contributed by atoms with Crippen LogP contribution >= 0.6 is 0 Å². The lowest BCUT2D eigenvalue weighted by Gasteiger charge is -2.07. The lowest BCUT2D eigenvalue weighted by molar-refractivity contribution is 0.144. The Hall–Kier alpha value is -2.15. The second-order valence-electron chi connectivity index (χ2n) is 3.58. The van der Waals surface area contributed by atoms with E-state index in [-0.39, 0.29) is 23.3 Å². The Morgan fingerprint density at radius 1 is 1.22 bits per heavy atom. The average molecular weight is 254 g/mol. The van der Waals surface area contributed by atoms with E-state index in [1.54, 1.807) is 0 Å². The molecule has 0 aliphatic rings. The molecule has 7 heteroatoms. The van der Waals surface area contributed by atoms with Crippen molar-refractivity contribution < 1.29 is 13.9 Å². The minimum Gasteiger partial charge on any atom is -0.488 e. The van der Waals surface area contributed by atoms with Crippen LogP contribution in [0.5, 0.6) is 5.75 Å². The molecule has 0 saturated carbocycles. The highest BCUT2D eigenvalue weighted by Crippen LogP contribution is 2.20. The molecule has 0 fully saturated rings. The van der Waals surface area contributed by atoms with Gasteiger partial charge in [-0.1, -0.05) is 0 Å². The summed E-state index contributed by atoms with van der Waals surface area (Å²) in [6, 6.07) is 2.29. The van der Waals surface area contributed by atoms with Crippen LogP contribution < -0.4 is 16.0 Å². The number of benzene rings is 1. The Bertz CT molecular complexity index is 677. The van der Waals surface area contributed by atoms with Crippen molar-refractivity contribution >= 4 is 10.9 Å². The van der Waals surface area contributed by atoms with Crippen LogP contribution in [0.3, 0.4) is 0 Å². The van der Waals surface area contributed by atoms with Gasteiger partial charge in [0.05, 0.1) is 17.5 Å². The molecule has 6 nitrogen and oxygen atoms in total. The molecule has 0 bridgehead atoms. The fourth-order valence-electron chi connectivity index (χ4n) is 1.51. The molecule has 2 rings (SSSR count). The van der Waals surface area contributed by atoms with E-state index in [1.807, 2.05) is 0 Å². The van der Waals surface area contributed by atoms with Crippen molar-refractivity contribution in [3.8, 4) is 5.75 Å². The maximum absolute atomic E-state index is 13.6. The minimum absolute atomic E-state index is 0.0582. The van der Waals surface area contributed by atoms with Gasteiger partial charge in [0.1, 0.15) is 6.61 Å². The van der Waals surface area contributed by atoms with Crippen molar-refractivity contribution in [3.05, 3.63) is 38.8 Å². The van der Waals surface area contributed by atoms with Crippen molar-refractivity contribution in [2.24, 2.45) is 0 Å². The van der Waals surface area contributed by atoms with Gasteiger partial charge in [0.25, 0.3) is 5.56 Å². The number of methoxy groups -OCH3 is 1. The zero-order chi connectivity index (χ0) is 13.1. The van der Waals surface area contributed by atoms with Gasteiger partial charge in [0.2, 0.25) is 0 Å². The molecule has 2 N–H and O–H groups in total. The summed E-state index contributed by atoms with van der Waals surface area (Å²) in [4.78, 5) is 26.9. The summed E-state index contributed by atoms with van der Waals surface area (Å²) >= 11 is 0. The maximum Gasteiger partial charge on any atom is 0.326 e. The van der Waals surface area contributed by atoms with Crippen LogP contribution in [0.4, 0.5) is 4.39 Å². The SMILES string of the molecule is COCCOc1cc2c(=O)[nH]c(=O)[nH]c2cc1F. The van der Waals surface area contributed by atoms with Crippen LogP contribution in [0.1, 0.15) is 0 Å². The number of H-pyrrole nitrogens is 2. The van der Waals surface area contributed by atoms with Gasteiger partial charge in [0.15, 0.2) is 11.6 Å². The summed E-state index contributed by atoms with van der Waals surface area (Å²) in [5, 5.41) is 0.156. The molecule has 1 aromatic carbocycles. The maximum atomic E-state index is 13.6. The normalized spacial score (nSPS) is 10.8. The molecule has 18 heavy (non-hydrogen) atoms. The molecule has 0 atom stereocenters. The van der Waals surface area contributed by atoms with E-state index in [1.165, 1.54) is 13.2 Å². The van der Waals surface area contributed by atoms with E-state index in [9.17, 15) is 14.0 Å². The predicted octanol–water partition coefficient (Wildman–Crippen LogP) is 0.381. The molecule has 0 amide bonds. The lowest BCUT2D eigenvalue weighted by Crippen LogP contribution is -2.22. The molecule has 0 aliphatic carbocycles. The van der Waals surface area contributed by atoms with Crippen LogP contribution in [-0.2, 0) is 4.74 Å². The lowest BCUT2D eigenvalue weighted by atomic mass is 10.2. The first-order valence-electron chi connectivity index (χ1n) is 5.19. The Morgan fingerprint density at radius 3 is 2.72 bits per heavy atom. The number of ether oxygens (including phenoxy) is 2. The Morgan fingerprint density at radius 2 is 2.00 bits per heavy atom. The summed E-state index contributed by atoms with van der Waals surface area (Å²) in [7, 11) is 1.50. The van der Waals surface area contributed by atoms with Crippen molar-refractivity contribution in [1.29, 1.82) is 0 Å². The topological polar surface area (TPSA) is 84.2 Å². The monoisotopic (exact) mass is 254 g/mol. The van der Waals surface area contributed by atoms with E-state index in [4.69, 9.17) is 9.47 Å². The third kappa shape index (κ3) is 2.40. The predicted molar refractivity (Wildman–Crippen MR) is 62.5 cm³/mol. The van der Waals surface area contributed by atoms with Gasteiger partial charge in [-0.05, 0) is 6.07 Å². The van der Waals surface area contributed by atoms with Crippen LogP contribution in [0, 0.1) is 5.82 Å². The fourth-order valence-corrected chi connectivity index (χ4v) is 1.51. The van der Waals surface area contributed by atoms with Crippen molar-refractivity contribution in [2.75, 3.05) is 20.3 Å². The number of hydrogen-bond acceptors (Lipinski definition) is 4. The molecule has 0 unspecified atom stereocenters. The molecule has 0 saturated heterocycles. The van der Waals surface area contributed by atoms with Gasteiger partial charge in [-0.25, -0.2) is 9.18 Å². The molecular formula is C11H11FN2O4. The highest BCUT2D eigenvalue weighted by molar-refractivity contribution is 5.79. The first kappa shape index (κ1) is 12.3. The molecule has 96 valence electrons. The zero-order valence-electron chi connectivity index (χ0n) is 9.58. The van der Waals surface area contributed by atoms with E-state index < -0.39 is 17.1 Å². The van der Waals surface area contributed by atoms with Gasteiger partial charge in [-0.15, -0.1) is 0 Å². The molecule has 1 heterocycles. The molecule has 0 spiro atoms. The summed E-state index contributed by atoms with van der Waals surface area (Å²) in [6.45, 7) is 0.472. The molecule has 0 aliphatic heterocycles. The van der Waals surface area contributed by atoms with Crippen molar-refractivity contribution in [3.63, 3.8) is 0 Å². The van der Waals surface area contributed by atoms with Crippen LogP contribution in [0.15, 0.2) is 21.7 Å². The fraction of sp³-hybridized carbons (Fsp3) is 0.273. The number of aromatic nitrogens is 2. The van der Waals surface area contributed by atoms with Gasteiger partial charge in [-0.3, -0.25) is 9.78 Å². The second kappa shape index (κ2) is 5.01. The number of fused-ring (bicyclic) bond motifs is 1. The minimum atomic E-state index is -0.681. The Balaban J connectivity index is 2.47. The van der Waals surface area contributed by atoms with E-state index >= 15 is 0 Å². The molecule has 2 aromatic rings. The molecule has 1 aromatic heterocycles. The second-order valence-corrected chi connectivity index (χ2v) is 3.58. The largest absolute Gasteiger partial charge is 0.488 e. The highest BCUT2D eigenvalue weighted by atomic mass is 19.1. The summed E-state index contributed by atoms with van der Waals surface area (Å²) in [5.74, 6) is -0.711. The van der Waals surface area contributed by atoms with Crippen molar-refractivity contribution in [2.45, 2.75) is 0 Å². The quantitative estimate of drug-likeness (QED) is 0.772. The van der Waals surface area contributed by atoms with E-state index in [0.29, 0.717) is 6.61 Å². The third-order valence-electron chi connectivity index (χ3n) is 2.34. The van der Waals surface area contributed by atoms with Gasteiger partial charge < -0.3 is 14.5 Å². The van der Waals surface area contributed by atoms with Gasteiger partial charge in [0, 0.05) is 13.2 Å². The van der Waals surface area contributed by atoms with E-state index in [0.717, 1.165) is 6.07 Å². The third-order valence-corrected chi connectivity index (χ3v) is 2.34. The number of hydrogen-bond donors (Lipinski definition) is 2.